The van der Waals surface area contributed by atoms with Crippen molar-refractivity contribution in [2.75, 3.05) is 45.8 Å². The zero-order chi connectivity index (χ0) is 25.4. The van der Waals surface area contributed by atoms with Gasteiger partial charge < -0.3 is 24.3 Å². The van der Waals surface area contributed by atoms with Crippen molar-refractivity contribution in [3.63, 3.8) is 0 Å². The van der Waals surface area contributed by atoms with E-state index in [2.05, 4.69) is 5.32 Å². The molecule has 0 saturated carbocycles. The Bertz CT molecular complexity index is 1110. The summed E-state index contributed by atoms with van der Waals surface area (Å²) in [5.41, 5.74) is 2.36. The van der Waals surface area contributed by atoms with Crippen LogP contribution in [0.1, 0.15) is 42.3 Å². The van der Waals surface area contributed by atoms with Gasteiger partial charge in [-0.2, -0.15) is 4.31 Å². The smallest absolute Gasteiger partial charge is 0.251 e. The van der Waals surface area contributed by atoms with Crippen molar-refractivity contribution >= 4 is 15.9 Å². The van der Waals surface area contributed by atoms with Gasteiger partial charge >= 0.3 is 0 Å². The molecule has 2 aromatic carbocycles. The van der Waals surface area contributed by atoms with E-state index in [0.29, 0.717) is 62.1 Å². The molecule has 3 rings (SSSR count). The second-order valence-corrected chi connectivity index (χ2v) is 9.98. The molecule has 0 fully saturated rings. The topological polar surface area (TPSA) is 103 Å². The van der Waals surface area contributed by atoms with E-state index in [-0.39, 0.29) is 12.3 Å². The molecule has 0 unspecified atom stereocenters. The fourth-order valence-corrected chi connectivity index (χ4v) is 5.24. The van der Waals surface area contributed by atoms with Gasteiger partial charge in [0.2, 0.25) is 15.8 Å². The van der Waals surface area contributed by atoms with Crippen molar-refractivity contribution in [3.8, 4) is 23.0 Å². The summed E-state index contributed by atoms with van der Waals surface area (Å²) in [5.74, 6) is 1.40. The summed E-state index contributed by atoms with van der Waals surface area (Å²) < 4.78 is 49.5. The van der Waals surface area contributed by atoms with Crippen molar-refractivity contribution in [2.45, 2.75) is 33.7 Å². The van der Waals surface area contributed by atoms with Crippen LogP contribution in [0.4, 0.5) is 0 Å². The van der Waals surface area contributed by atoms with E-state index in [0.717, 1.165) is 16.9 Å². The largest absolute Gasteiger partial charge is 0.497 e. The molecule has 0 spiro atoms. The highest BCUT2D eigenvalue weighted by molar-refractivity contribution is 7.89. The first-order valence-electron chi connectivity index (χ1n) is 11.8. The van der Waals surface area contributed by atoms with E-state index in [1.54, 1.807) is 19.2 Å². The Morgan fingerprint density at radius 2 is 1.63 bits per heavy atom. The second-order valence-electron chi connectivity index (χ2n) is 7.89. The number of fused-ring (bicyclic) bond motifs is 1. The van der Waals surface area contributed by atoms with Gasteiger partial charge in [-0.3, -0.25) is 4.79 Å². The lowest BCUT2D eigenvalue weighted by Crippen LogP contribution is -2.40. The lowest BCUT2D eigenvalue weighted by atomic mass is 10.0. The van der Waals surface area contributed by atoms with Crippen molar-refractivity contribution in [1.29, 1.82) is 0 Å². The molecular formula is C25H34N2O7S. The molecule has 1 aliphatic heterocycles. The Hall–Kier alpha value is -2.98. The molecule has 10 heteroatoms. The maximum atomic E-state index is 12.9. The number of hydrogen-bond donors (Lipinski definition) is 1. The summed E-state index contributed by atoms with van der Waals surface area (Å²) in [4.78, 5) is 12.8. The van der Waals surface area contributed by atoms with Crippen LogP contribution in [0.3, 0.4) is 0 Å². The number of ether oxygens (including phenoxy) is 4. The predicted molar refractivity (Wildman–Crippen MR) is 133 cm³/mol. The first kappa shape index (κ1) is 26.6. The van der Waals surface area contributed by atoms with Crippen LogP contribution in [0.2, 0.25) is 0 Å². The first-order chi connectivity index (χ1) is 16.8. The molecule has 0 aliphatic carbocycles. The van der Waals surface area contributed by atoms with Crippen LogP contribution >= 0.6 is 0 Å². The SMILES string of the molecule is CCOc1cc(C(=O)NCCS(=O)(=O)N2CCc3cc(OC)ccc3C2)cc(OCC)c1OCC. The Morgan fingerprint density at radius 1 is 0.971 bits per heavy atom. The Labute approximate surface area is 207 Å². The maximum Gasteiger partial charge on any atom is 0.251 e. The molecule has 1 aliphatic rings. The molecule has 1 heterocycles. The lowest BCUT2D eigenvalue weighted by Gasteiger charge is -2.28. The van der Waals surface area contributed by atoms with E-state index < -0.39 is 15.9 Å². The zero-order valence-electron chi connectivity index (χ0n) is 20.8. The molecule has 1 amide bonds. The monoisotopic (exact) mass is 506 g/mol. The van der Waals surface area contributed by atoms with Crippen molar-refractivity contribution < 1.29 is 32.2 Å². The number of amides is 1. The Kier molecular flexibility index (Phi) is 9.22. The zero-order valence-corrected chi connectivity index (χ0v) is 21.6. The summed E-state index contributed by atoms with van der Waals surface area (Å²) in [5, 5.41) is 2.71. The minimum Gasteiger partial charge on any atom is -0.497 e. The van der Waals surface area contributed by atoms with Crippen LogP contribution in [0.5, 0.6) is 23.0 Å². The molecular weight excluding hydrogens is 472 g/mol. The highest BCUT2D eigenvalue weighted by Crippen LogP contribution is 2.39. The molecule has 0 radical (unpaired) electrons. The van der Waals surface area contributed by atoms with E-state index >= 15 is 0 Å². The highest BCUT2D eigenvalue weighted by atomic mass is 32.2. The van der Waals surface area contributed by atoms with Gasteiger partial charge in [0.25, 0.3) is 5.91 Å². The van der Waals surface area contributed by atoms with Crippen molar-refractivity contribution in [2.24, 2.45) is 0 Å². The van der Waals surface area contributed by atoms with Gasteiger partial charge in [0, 0.05) is 25.2 Å². The minimum atomic E-state index is -3.55. The van der Waals surface area contributed by atoms with E-state index in [1.807, 2.05) is 39.0 Å². The standard InChI is InChI=1S/C25H34N2O7S/c1-5-32-22-15-20(16-23(33-6-2)24(22)34-7-3)25(28)26-11-13-35(29,30)27-12-10-18-14-21(31-4)9-8-19(18)17-27/h8-9,14-16H,5-7,10-13,17H2,1-4H3,(H,26,28). The average molecular weight is 507 g/mol. The summed E-state index contributed by atoms with van der Waals surface area (Å²) in [6.45, 7) is 7.40. The number of carbonyl (C=O) groups excluding carboxylic acids is 1. The van der Waals surface area contributed by atoms with Crippen LogP contribution in [0.25, 0.3) is 0 Å². The molecule has 9 nitrogen and oxygen atoms in total. The van der Waals surface area contributed by atoms with Gasteiger partial charge in [0.15, 0.2) is 11.5 Å². The molecule has 35 heavy (non-hydrogen) atoms. The number of methoxy groups -OCH3 is 1. The normalized spacial score (nSPS) is 13.6. The fourth-order valence-electron chi connectivity index (χ4n) is 3.91. The van der Waals surface area contributed by atoms with E-state index in [9.17, 15) is 13.2 Å². The third-order valence-electron chi connectivity index (χ3n) is 5.60. The molecule has 192 valence electrons. The van der Waals surface area contributed by atoms with Gasteiger partial charge in [-0.15, -0.1) is 0 Å². The summed E-state index contributed by atoms with van der Waals surface area (Å²) in [6, 6.07) is 8.84. The third-order valence-corrected chi connectivity index (χ3v) is 7.42. The van der Waals surface area contributed by atoms with Crippen LogP contribution in [-0.4, -0.2) is 64.4 Å². The highest BCUT2D eigenvalue weighted by Gasteiger charge is 2.27. The Balaban J connectivity index is 1.65. The van der Waals surface area contributed by atoms with Crippen molar-refractivity contribution in [3.05, 3.63) is 47.0 Å². The van der Waals surface area contributed by atoms with Crippen molar-refractivity contribution in [1.82, 2.24) is 9.62 Å². The molecule has 2 aromatic rings. The molecule has 0 saturated heterocycles. The van der Waals surface area contributed by atoms with E-state index in [1.165, 1.54) is 4.31 Å². The number of hydrogen-bond acceptors (Lipinski definition) is 7. The number of nitrogens with one attached hydrogen (secondary N) is 1. The average Bonchev–Trinajstić information content (AvgIpc) is 2.85. The predicted octanol–water partition coefficient (Wildman–Crippen LogP) is 3.01. The summed E-state index contributed by atoms with van der Waals surface area (Å²) in [7, 11) is -1.94. The number of rotatable bonds is 12. The van der Waals surface area contributed by atoms with Crippen LogP contribution in [0, 0.1) is 0 Å². The molecule has 0 atom stereocenters. The number of benzene rings is 2. The summed E-state index contributed by atoms with van der Waals surface area (Å²) >= 11 is 0. The fraction of sp³-hybridized carbons (Fsp3) is 0.480. The lowest BCUT2D eigenvalue weighted by molar-refractivity contribution is 0.0955. The maximum absolute atomic E-state index is 12.9. The van der Waals surface area contributed by atoms with Gasteiger partial charge in [-0.05, 0) is 62.6 Å². The summed E-state index contributed by atoms with van der Waals surface area (Å²) in [6.07, 6.45) is 0.616. The van der Waals surface area contributed by atoms with Gasteiger partial charge in [0.1, 0.15) is 5.75 Å². The third kappa shape index (κ3) is 6.58. The minimum absolute atomic E-state index is 0.0196. The van der Waals surface area contributed by atoms with E-state index in [4.69, 9.17) is 18.9 Å². The molecule has 0 bridgehead atoms. The number of carbonyl (C=O) groups is 1. The van der Waals surface area contributed by atoms with Crippen LogP contribution in [0.15, 0.2) is 30.3 Å². The van der Waals surface area contributed by atoms with Crippen LogP contribution < -0.4 is 24.3 Å². The van der Waals surface area contributed by atoms with Gasteiger partial charge in [0.05, 0.1) is 32.7 Å². The second kappa shape index (κ2) is 12.1. The van der Waals surface area contributed by atoms with Gasteiger partial charge in [-0.25, -0.2) is 8.42 Å². The van der Waals surface area contributed by atoms with Crippen LogP contribution in [-0.2, 0) is 23.0 Å². The number of sulfonamides is 1. The quantitative estimate of drug-likeness (QED) is 0.472. The molecule has 1 N–H and O–H groups in total. The molecule has 0 aromatic heterocycles. The van der Waals surface area contributed by atoms with Gasteiger partial charge in [-0.1, -0.05) is 6.07 Å². The number of nitrogens with zero attached hydrogens (tertiary/aromatic N) is 1. The Morgan fingerprint density at radius 3 is 2.23 bits per heavy atom. The first-order valence-corrected chi connectivity index (χ1v) is 13.4.